The fourth-order valence-corrected chi connectivity index (χ4v) is 3.27. The Hall–Kier alpha value is -2.55. The zero-order valence-corrected chi connectivity index (χ0v) is 13.7. The van der Waals surface area contributed by atoms with Gasteiger partial charge in [-0.2, -0.15) is 0 Å². The lowest BCUT2D eigenvalue weighted by Gasteiger charge is -2.28. The lowest BCUT2D eigenvalue weighted by molar-refractivity contribution is -0.126. The highest BCUT2D eigenvalue weighted by molar-refractivity contribution is 5.87. The molecule has 3 heteroatoms. The van der Waals surface area contributed by atoms with E-state index in [4.69, 9.17) is 4.74 Å². The maximum atomic E-state index is 11.8. The molecule has 4 rings (SSSR count). The molecule has 0 N–H and O–H groups in total. The summed E-state index contributed by atoms with van der Waals surface area (Å²) in [4.78, 5) is 13.6. The molecule has 1 fully saturated rings. The molecule has 0 radical (unpaired) electrons. The summed E-state index contributed by atoms with van der Waals surface area (Å²) in [5, 5.41) is 0. The molecule has 2 aromatic rings. The van der Waals surface area contributed by atoms with Gasteiger partial charge in [0.15, 0.2) is 0 Å². The molecule has 1 aliphatic carbocycles. The minimum Gasteiger partial charge on any atom is -0.457 e. The van der Waals surface area contributed by atoms with Gasteiger partial charge in [0, 0.05) is 13.1 Å². The zero-order chi connectivity index (χ0) is 16.5. The molecular formula is C21H21NO2. The van der Waals surface area contributed by atoms with Crippen molar-refractivity contribution in [2.45, 2.75) is 31.7 Å². The Balaban J connectivity index is 1.50. The lowest BCUT2D eigenvalue weighted by atomic mass is 9.99. The molecule has 24 heavy (non-hydrogen) atoms. The van der Waals surface area contributed by atoms with Crippen LogP contribution < -0.4 is 4.74 Å². The number of fused-ring (bicyclic) bond motifs is 1. The summed E-state index contributed by atoms with van der Waals surface area (Å²) in [5.41, 5.74) is 3.86. The first-order chi connectivity index (χ1) is 11.7. The van der Waals surface area contributed by atoms with Crippen LogP contribution >= 0.6 is 0 Å². The van der Waals surface area contributed by atoms with Crippen LogP contribution in [0.3, 0.4) is 0 Å². The normalized spacial score (nSPS) is 16.4. The van der Waals surface area contributed by atoms with Gasteiger partial charge in [0.25, 0.3) is 0 Å². The first kappa shape index (κ1) is 15.0. The second-order valence-corrected chi connectivity index (χ2v) is 6.59. The maximum Gasteiger partial charge on any atom is 0.246 e. The van der Waals surface area contributed by atoms with E-state index in [1.807, 2.05) is 29.2 Å². The van der Waals surface area contributed by atoms with Crippen LogP contribution in [0.4, 0.5) is 0 Å². The van der Waals surface area contributed by atoms with Crippen LogP contribution in [0.1, 0.15) is 35.4 Å². The number of amides is 1. The number of carbonyl (C=O) groups is 1. The van der Waals surface area contributed by atoms with E-state index in [-0.39, 0.29) is 5.91 Å². The molecule has 1 aliphatic heterocycles. The third kappa shape index (κ3) is 3.07. The topological polar surface area (TPSA) is 29.5 Å². The summed E-state index contributed by atoms with van der Waals surface area (Å²) in [6.07, 6.45) is 4.88. The number of benzene rings is 2. The Bertz CT molecular complexity index is 775. The highest BCUT2D eigenvalue weighted by atomic mass is 16.5. The number of carbonyl (C=O) groups excluding carboxylic acids is 1. The molecule has 0 bridgehead atoms. The van der Waals surface area contributed by atoms with Gasteiger partial charge in [0.1, 0.15) is 11.5 Å². The first-order valence-corrected chi connectivity index (χ1v) is 8.54. The predicted molar refractivity (Wildman–Crippen MR) is 94.3 cm³/mol. The smallest absolute Gasteiger partial charge is 0.246 e. The van der Waals surface area contributed by atoms with Gasteiger partial charge in [-0.3, -0.25) is 4.79 Å². The largest absolute Gasteiger partial charge is 0.457 e. The fourth-order valence-electron chi connectivity index (χ4n) is 3.27. The third-order valence-electron chi connectivity index (χ3n) is 4.84. The van der Waals surface area contributed by atoms with Crippen LogP contribution in [0, 0.1) is 0 Å². The third-order valence-corrected chi connectivity index (χ3v) is 4.84. The van der Waals surface area contributed by atoms with Crippen LogP contribution in [0.5, 0.6) is 11.5 Å². The van der Waals surface area contributed by atoms with Crippen molar-refractivity contribution < 1.29 is 9.53 Å². The van der Waals surface area contributed by atoms with Gasteiger partial charge in [-0.15, -0.1) is 0 Å². The maximum absolute atomic E-state index is 11.8. The average Bonchev–Trinajstić information content (AvgIpc) is 3.46. The Morgan fingerprint density at radius 2 is 1.83 bits per heavy atom. The average molecular weight is 319 g/mol. The SMILES string of the molecule is C=CC(=O)N1CCc2ccc(Oc3ccc(C4CC4)cc3)cc2C1. The number of hydrogen-bond donors (Lipinski definition) is 0. The molecular weight excluding hydrogens is 298 g/mol. The van der Waals surface area contributed by atoms with Gasteiger partial charge in [-0.25, -0.2) is 0 Å². The van der Waals surface area contributed by atoms with Crippen LogP contribution in [0.2, 0.25) is 0 Å². The quantitative estimate of drug-likeness (QED) is 0.780. The van der Waals surface area contributed by atoms with E-state index in [0.717, 1.165) is 35.9 Å². The number of ether oxygens (including phenoxy) is 1. The number of nitrogens with zero attached hydrogens (tertiary/aromatic N) is 1. The van der Waals surface area contributed by atoms with Crippen molar-refractivity contribution in [1.29, 1.82) is 0 Å². The standard InChI is InChI=1S/C21H21NO2/c1-2-21(23)22-12-11-17-7-10-20(13-18(17)14-22)24-19-8-5-16(6-9-19)15-3-4-15/h2,5-10,13,15H,1,3-4,11-12,14H2. The van der Waals surface area contributed by atoms with Gasteiger partial charge in [-0.05, 0) is 72.2 Å². The van der Waals surface area contributed by atoms with E-state index in [2.05, 4.69) is 24.8 Å². The van der Waals surface area contributed by atoms with E-state index in [1.54, 1.807) is 0 Å². The molecule has 0 atom stereocenters. The molecule has 1 saturated carbocycles. The van der Waals surface area contributed by atoms with E-state index >= 15 is 0 Å². The highest BCUT2D eigenvalue weighted by Gasteiger charge is 2.23. The predicted octanol–water partition coefficient (Wildman–Crippen LogP) is 4.43. The molecule has 1 amide bonds. The Labute approximate surface area is 142 Å². The van der Waals surface area contributed by atoms with Gasteiger partial charge in [0.05, 0.1) is 0 Å². The second-order valence-electron chi connectivity index (χ2n) is 6.59. The highest BCUT2D eigenvalue weighted by Crippen LogP contribution is 2.40. The van der Waals surface area contributed by atoms with Crippen LogP contribution in [-0.2, 0) is 17.8 Å². The molecule has 2 aromatic carbocycles. The summed E-state index contributed by atoms with van der Waals surface area (Å²) < 4.78 is 6.00. The van der Waals surface area contributed by atoms with Crippen LogP contribution in [-0.4, -0.2) is 17.4 Å². The Kier molecular flexibility index (Phi) is 3.85. The van der Waals surface area contributed by atoms with Crippen molar-refractivity contribution in [2.75, 3.05) is 6.54 Å². The van der Waals surface area contributed by atoms with Crippen molar-refractivity contribution >= 4 is 5.91 Å². The minimum absolute atomic E-state index is 0.0114. The van der Waals surface area contributed by atoms with E-state index in [1.165, 1.54) is 30.0 Å². The van der Waals surface area contributed by atoms with E-state index in [9.17, 15) is 4.79 Å². The Morgan fingerprint density at radius 1 is 1.08 bits per heavy atom. The van der Waals surface area contributed by atoms with E-state index in [0.29, 0.717) is 6.54 Å². The molecule has 2 aliphatic rings. The van der Waals surface area contributed by atoms with Crippen LogP contribution in [0.15, 0.2) is 55.1 Å². The molecule has 0 spiro atoms. The summed E-state index contributed by atoms with van der Waals surface area (Å²) in [7, 11) is 0. The Morgan fingerprint density at radius 3 is 2.54 bits per heavy atom. The molecule has 122 valence electrons. The van der Waals surface area contributed by atoms with Crippen molar-refractivity contribution in [3.05, 3.63) is 71.8 Å². The molecule has 0 unspecified atom stereocenters. The van der Waals surface area contributed by atoms with E-state index < -0.39 is 0 Å². The molecule has 0 aromatic heterocycles. The van der Waals surface area contributed by atoms with Gasteiger partial charge in [0.2, 0.25) is 5.91 Å². The summed E-state index contributed by atoms with van der Waals surface area (Å²) >= 11 is 0. The lowest BCUT2D eigenvalue weighted by Crippen LogP contribution is -2.34. The van der Waals surface area contributed by atoms with Crippen molar-refractivity contribution in [1.82, 2.24) is 4.90 Å². The van der Waals surface area contributed by atoms with Gasteiger partial charge < -0.3 is 9.64 Å². The summed E-state index contributed by atoms with van der Waals surface area (Å²) in [5.74, 6) is 2.42. The van der Waals surface area contributed by atoms with Crippen molar-refractivity contribution in [3.63, 3.8) is 0 Å². The van der Waals surface area contributed by atoms with Gasteiger partial charge in [-0.1, -0.05) is 24.8 Å². The number of rotatable bonds is 4. The summed E-state index contributed by atoms with van der Waals surface area (Å²) in [6.45, 7) is 4.95. The molecule has 3 nitrogen and oxygen atoms in total. The zero-order valence-electron chi connectivity index (χ0n) is 13.7. The van der Waals surface area contributed by atoms with Crippen molar-refractivity contribution in [2.24, 2.45) is 0 Å². The monoisotopic (exact) mass is 319 g/mol. The summed E-state index contributed by atoms with van der Waals surface area (Å²) in [6, 6.07) is 14.6. The fraction of sp³-hybridized carbons (Fsp3) is 0.286. The van der Waals surface area contributed by atoms with Crippen molar-refractivity contribution in [3.8, 4) is 11.5 Å². The molecule has 1 heterocycles. The van der Waals surface area contributed by atoms with Gasteiger partial charge >= 0.3 is 0 Å². The minimum atomic E-state index is -0.0114. The first-order valence-electron chi connectivity index (χ1n) is 8.54. The molecule has 0 saturated heterocycles. The number of hydrogen-bond acceptors (Lipinski definition) is 2. The van der Waals surface area contributed by atoms with Crippen LogP contribution in [0.25, 0.3) is 0 Å². The second kappa shape index (κ2) is 6.16.